The molecule has 0 aliphatic heterocycles. The summed E-state index contributed by atoms with van der Waals surface area (Å²) in [6.07, 6.45) is 1.84. The highest BCUT2D eigenvalue weighted by Gasteiger charge is 2.19. The van der Waals surface area contributed by atoms with Crippen LogP contribution in [0.25, 0.3) is 0 Å². The van der Waals surface area contributed by atoms with Gasteiger partial charge in [-0.3, -0.25) is 9.10 Å². The van der Waals surface area contributed by atoms with E-state index in [9.17, 15) is 13.2 Å². The second-order valence-electron chi connectivity index (χ2n) is 6.67. The quantitative estimate of drug-likeness (QED) is 0.777. The average Bonchev–Trinajstić information content (AvgIpc) is 2.60. The van der Waals surface area contributed by atoms with E-state index in [0.29, 0.717) is 11.3 Å². The molecule has 2 rings (SSSR count). The minimum Gasteiger partial charge on any atom is -0.345 e. The molecule has 146 valence electrons. The summed E-state index contributed by atoms with van der Waals surface area (Å²) in [5, 5.41) is 3.21. The number of nitrogens with zero attached hydrogens (tertiary/aromatic N) is 1. The Labute approximate surface area is 166 Å². The molecule has 0 spiro atoms. The van der Waals surface area contributed by atoms with Crippen LogP contribution in [0.2, 0.25) is 5.02 Å². The molecule has 0 bridgehead atoms. The van der Waals surface area contributed by atoms with E-state index in [-0.39, 0.29) is 17.0 Å². The molecule has 5 nitrogen and oxygen atoms in total. The highest BCUT2D eigenvalue weighted by Crippen LogP contribution is 2.26. The number of carbonyl (C=O) groups is 1. The maximum Gasteiger partial charge on any atom is 0.253 e. The zero-order chi connectivity index (χ0) is 20.4. The van der Waals surface area contributed by atoms with Crippen LogP contribution in [0.5, 0.6) is 0 Å². The molecule has 0 aromatic heterocycles. The third-order valence-corrected chi connectivity index (χ3v) is 6.22. The number of hydrogen-bond donors (Lipinski definition) is 1. The summed E-state index contributed by atoms with van der Waals surface area (Å²) >= 11 is 6.25. The Balaban J connectivity index is 2.25. The van der Waals surface area contributed by atoms with Crippen LogP contribution in [0, 0.1) is 13.8 Å². The largest absolute Gasteiger partial charge is 0.345 e. The van der Waals surface area contributed by atoms with E-state index in [0.717, 1.165) is 22.5 Å². The van der Waals surface area contributed by atoms with Crippen molar-refractivity contribution in [1.29, 1.82) is 0 Å². The highest BCUT2D eigenvalue weighted by atomic mass is 35.5. The molecule has 0 fully saturated rings. The predicted molar refractivity (Wildman–Crippen MR) is 111 cm³/mol. The van der Waals surface area contributed by atoms with Gasteiger partial charge in [-0.25, -0.2) is 8.42 Å². The average molecular weight is 409 g/mol. The van der Waals surface area contributed by atoms with Gasteiger partial charge in [0, 0.05) is 7.05 Å². The number of carbonyl (C=O) groups excluding carboxylic acids is 1. The summed E-state index contributed by atoms with van der Waals surface area (Å²) in [6, 6.07) is 10.6. The first-order chi connectivity index (χ1) is 12.5. The summed E-state index contributed by atoms with van der Waals surface area (Å²) in [7, 11) is -1.96. The SMILES string of the molecule is CC[C@H](NC(=O)c1ccc(N(C)S(C)(=O)=O)cc1Cl)c1ccc(C)c(C)c1. The van der Waals surface area contributed by atoms with Gasteiger partial charge >= 0.3 is 0 Å². The van der Waals surface area contributed by atoms with Gasteiger partial charge in [-0.1, -0.05) is 36.7 Å². The predicted octanol–water partition coefficient (Wildman–Crippen LogP) is 4.23. The number of aryl methyl sites for hydroxylation is 2. The van der Waals surface area contributed by atoms with Crippen molar-refractivity contribution in [3.8, 4) is 0 Å². The van der Waals surface area contributed by atoms with E-state index in [1.165, 1.54) is 24.2 Å². The van der Waals surface area contributed by atoms with Crippen molar-refractivity contribution in [2.24, 2.45) is 0 Å². The molecular weight excluding hydrogens is 384 g/mol. The molecule has 7 heteroatoms. The van der Waals surface area contributed by atoms with Gasteiger partial charge in [-0.2, -0.15) is 0 Å². The number of anilines is 1. The fourth-order valence-corrected chi connectivity index (χ4v) is 3.47. The van der Waals surface area contributed by atoms with Gasteiger partial charge in [0.05, 0.1) is 28.6 Å². The van der Waals surface area contributed by atoms with Gasteiger partial charge < -0.3 is 5.32 Å². The lowest BCUT2D eigenvalue weighted by Crippen LogP contribution is -2.29. The number of hydrogen-bond acceptors (Lipinski definition) is 3. The van der Waals surface area contributed by atoms with Gasteiger partial charge in [0.1, 0.15) is 0 Å². The topological polar surface area (TPSA) is 66.5 Å². The van der Waals surface area contributed by atoms with E-state index >= 15 is 0 Å². The molecule has 2 aromatic rings. The molecule has 2 aromatic carbocycles. The van der Waals surface area contributed by atoms with Crippen molar-refractivity contribution in [3.63, 3.8) is 0 Å². The first kappa shape index (κ1) is 21.3. The summed E-state index contributed by atoms with van der Waals surface area (Å²) < 4.78 is 24.4. The summed E-state index contributed by atoms with van der Waals surface area (Å²) in [5.74, 6) is -0.293. The first-order valence-corrected chi connectivity index (χ1v) is 10.9. The summed E-state index contributed by atoms with van der Waals surface area (Å²) in [5.41, 5.74) is 4.13. The fourth-order valence-electron chi connectivity index (χ4n) is 2.71. The minimum atomic E-state index is -3.40. The summed E-state index contributed by atoms with van der Waals surface area (Å²) in [4.78, 5) is 12.7. The van der Waals surface area contributed by atoms with Crippen LogP contribution in [0.4, 0.5) is 5.69 Å². The Bertz CT molecular complexity index is 958. The number of nitrogens with one attached hydrogen (secondary N) is 1. The Morgan fingerprint density at radius 2 is 1.81 bits per heavy atom. The van der Waals surface area contributed by atoms with E-state index < -0.39 is 10.0 Å². The normalized spacial score (nSPS) is 12.5. The lowest BCUT2D eigenvalue weighted by Gasteiger charge is -2.20. The monoisotopic (exact) mass is 408 g/mol. The minimum absolute atomic E-state index is 0.133. The second kappa shape index (κ2) is 8.31. The van der Waals surface area contributed by atoms with Crippen LogP contribution in [0.1, 0.15) is 46.4 Å². The Morgan fingerprint density at radius 3 is 2.33 bits per heavy atom. The molecule has 1 amide bonds. The molecule has 0 heterocycles. The third-order valence-electron chi connectivity index (χ3n) is 4.71. The van der Waals surface area contributed by atoms with Crippen molar-refractivity contribution in [3.05, 3.63) is 63.7 Å². The number of rotatable bonds is 6. The lowest BCUT2D eigenvalue weighted by atomic mass is 9.99. The smallest absolute Gasteiger partial charge is 0.253 e. The van der Waals surface area contributed by atoms with Gasteiger partial charge in [-0.15, -0.1) is 0 Å². The van der Waals surface area contributed by atoms with Gasteiger partial charge in [0.25, 0.3) is 5.91 Å². The number of amides is 1. The van der Waals surface area contributed by atoms with Crippen molar-refractivity contribution in [2.45, 2.75) is 33.2 Å². The Morgan fingerprint density at radius 1 is 1.15 bits per heavy atom. The maximum atomic E-state index is 12.7. The van der Waals surface area contributed by atoms with Crippen LogP contribution < -0.4 is 9.62 Å². The van der Waals surface area contributed by atoms with Crippen LogP contribution in [0.15, 0.2) is 36.4 Å². The van der Waals surface area contributed by atoms with Gasteiger partial charge in [0.15, 0.2) is 0 Å². The van der Waals surface area contributed by atoms with Crippen LogP contribution in [0.3, 0.4) is 0 Å². The van der Waals surface area contributed by atoms with Crippen molar-refractivity contribution in [2.75, 3.05) is 17.6 Å². The number of benzene rings is 2. The van der Waals surface area contributed by atoms with E-state index in [2.05, 4.69) is 11.4 Å². The molecule has 1 atom stereocenters. The number of sulfonamides is 1. The standard InChI is InChI=1S/C20H25ClN2O3S/c1-6-19(15-8-7-13(2)14(3)11-15)22-20(24)17-10-9-16(12-18(17)21)23(4)27(5,25)26/h7-12,19H,6H2,1-5H3,(H,22,24)/t19-/m0/s1. The molecular formula is C20H25ClN2O3S. The molecule has 1 N–H and O–H groups in total. The molecule has 0 radical (unpaired) electrons. The third kappa shape index (κ3) is 5.02. The molecule has 0 saturated carbocycles. The van der Waals surface area contributed by atoms with Crippen molar-refractivity contribution < 1.29 is 13.2 Å². The van der Waals surface area contributed by atoms with Crippen molar-refractivity contribution in [1.82, 2.24) is 5.32 Å². The molecule has 0 unspecified atom stereocenters. The first-order valence-electron chi connectivity index (χ1n) is 8.66. The molecule has 27 heavy (non-hydrogen) atoms. The number of halogens is 1. The highest BCUT2D eigenvalue weighted by molar-refractivity contribution is 7.92. The zero-order valence-corrected chi connectivity index (χ0v) is 17.8. The Hall–Kier alpha value is -2.05. The van der Waals surface area contributed by atoms with Crippen LogP contribution in [-0.2, 0) is 10.0 Å². The molecule has 0 aliphatic rings. The van der Waals surface area contributed by atoms with Gasteiger partial charge in [0.2, 0.25) is 10.0 Å². The van der Waals surface area contributed by atoms with E-state index in [1.54, 1.807) is 12.1 Å². The van der Waals surface area contributed by atoms with Crippen molar-refractivity contribution >= 4 is 33.2 Å². The van der Waals surface area contributed by atoms with Gasteiger partial charge in [-0.05, 0) is 55.2 Å². The fraction of sp³-hybridized carbons (Fsp3) is 0.350. The molecule has 0 saturated heterocycles. The zero-order valence-electron chi connectivity index (χ0n) is 16.2. The molecule has 0 aliphatic carbocycles. The van der Waals surface area contributed by atoms with E-state index in [4.69, 9.17) is 11.6 Å². The summed E-state index contributed by atoms with van der Waals surface area (Å²) in [6.45, 7) is 6.10. The maximum absolute atomic E-state index is 12.7. The lowest BCUT2D eigenvalue weighted by molar-refractivity contribution is 0.0935. The van der Waals surface area contributed by atoms with Crippen LogP contribution in [-0.4, -0.2) is 27.6 Å². The van der Waals surface area contributed by atoms with Crippen LogP contribution >= 0.6 is 11.6 Å². The Kier molecular flexibility index (Phi) is 6.54. The van der Waals surface area contributed by atoms with E-state index in [1.807, 2.05) is 32.9 Å². The second-order valence-corrected chi connectivity index (χ2v) is 9.09.